The first-order valence-corrected chi connectivity index (χ1v) is 7.19. The lowest BCUT2D eigenvalue weighted by Crippen LogP contribution is -2.52. The molecule has 1 aromatic carbocycles. The molecular weight excluding hydrogens is 241 g/mol. The van der Waals surface area contributed by atoms with Crippen molar-refractivity contribution in [3.8, 4) is 0 Å². The summed E-state index contributed by atoms with van der Waals surface area (Å²) in [7, 11) is 0. The van der Waals surface area contributed by atoms with Gasteiger partial charge in [-0.05, 0) is 30.7 Å². The van der Waals surface area contributed by atoms with Crippen molar-refractivity contribution in [3.05, 3.63) is 30.1 Å². The number of piperazine rings is 1. The molecule has 106 valence electrons. The third kappa shape index (κ3) is 3.67. The topological polar surface area (TPSA) is 32.5 Å². The van der Waals surface area contributed by atoms with Gasteiger partial charge in [-0.1, -0.05) is 13.3 Å². The van der Waals surface area contributed by atoms with Crippen LogP contribution in [-0.2, 0) is 0 Å². The molecule has 3 nitrogen and oxygen atoms in total. The fraction of sp³-hybridized carbons (Fsp3) is 0.600. The monoisotopic (exact) mass is 265 g/mol. The molecule has 0 amide bonds. The van der Waals surface area contributed by atoms with E-state index in [9.17, 15) is 4.39 Å². The maximum absolute atomic E-state index is 12.9. The third-order valence-corrected chi connectivity index (χ3v) is 3.92. The predicted molar refractivity (Wildman–Crippen MR) is 77.9 cm³/mol. The smallest absolute Gasteiger partial charge is 0.123 e. The molecule has 4 heteroatoms. The van der Waals surface area contributed by atoms with Crippen LogP contribution in [0.1, 0.15) is 19.8 Å². The maximum Gasteiger partial charge on any atom is 0.123 e. The van der Waals surface area contributed by atoms with Crippen LogP contribution >= 0.6 is 0 Å². The Hall–Kier alpha value is -1.13. The Morgan fingerprint density at radius 2 is 1.79 bits per heavy atom. The lowest BCUT2D eigenvalue weighted by Gasteiger charge is -2.40. The van der Waals surface area contributed by atoms with E-state index < -0.39 is 0 Å². The molecule has 1 aliphatic rings. The van der Waals surface area contributed by atoms with Gasteiger partial charge >= 0.3 is 0 Å². The Morgan fingerprint density at radius 1 is 1.16 bits per heavy atom. The molecule has 2 rings (SSSR count). The van der Waals surface area contributed by atoms with Crippen molar-refractivity contribution in [3.63, 3.8) is 0 Å². The number of benzene rings is 1. The van der Waals surface area contributed by atoms with Crippen LogP contribution in [0.4, 0.5) is 10.1 Å². The van der Waals surface area contributed by atoms with E-state index in [1.165, 1.54) is 25.0 Å². The summed E-state index contributed by atoms with van der Waals surface area (Å²) in [6.45, 7) is 7.01. The molecule has 0 saturated carbocycles. The van der Waals surface area contributed by atoms with Gasteiger partial charge in [-0.2, -0.15) is 0 Å². The molecule has 0 aliphatic carbocycles. The van der Waals surface area contributed by atoms with Gasteiger partial charge in [0.1, 0.15) is 5.82 Å². The third-order valence-electron chi connectivity index (χ3n) is 3.92. The average molecular weight is 265 g/mol. The molecule has 0 bridgehead atoms. The van der Waals surface area contributed by atoms with Gasteiger partial charge in [0.05, 0.1) is 0 Å². The highest BCUT2D eigenvalue weighted by molar-refractivity contribution is 5.46. The first-order chi connectivity index (χ1) is 9.24. The molecule has 1 fully saturated rings. The van der Waals surface area contributed by atoms with Crippen LogP contribution in [0.2, 0.25) is 0 Å². The quantitative estimate of drug-likeness (QED) is 0.884. The van der Waals surface area contributed by atoms with E-state index in [1.807, 2.05) is 12.1 Å². The highest BCUT2D eigenvalue weighted by atomic mass is 19.1. The van der Waals surface area contributed by atoms with Crippen molar-refractivity contribution >= 4 is 5.69 Å². The fourth-order valence-corrected chi connectivity index (χ4v) is 2.78. The van der Waals surface area contributed by atoms with E-state index in [4.69, 9.17) is 5.73 Å². The Bertz CT molecular complexity index is 371. The van der Waals surface area contributed by atoms with Crippen LogP contribution < -0.4 is 10.6 Å². The summed E-state index contributed by atoms with van der Waals surface area (Å²) in [5, 5.41) is 0. The minimum atomic E-state index is -0.173. The summed E-state index contributed by atoms with van der Waals surface area (Å²) in [6, 6.07) is 7.29. The van der Waals surface area contributed by atoms with Crippen molar-refractivity contribution in [1.82, 2.24) is 4.90 Å². The molecule has 1 unspecified atom stereocenters. The van der Waals surface area contributed by atoms with E-state index in [0.717, 1.165) is 38.4 Å². The van der Waals surface area contributed by atoms with Gasteiger partial charge in [-0.15, -0.1) is 0 Å². The number of hydrogen-bond donors (Lipinski definition) is 1. The van der Waals surface area contributed by atoms with Crippen LogP contribution in [0.5, 0.6) is 0 Å². The molecule has 1 atom stereocenters. The summed E-state index contributed by atoms with van der Waals surface area (Å²) >= 11 is 0. The molecule has 0 aromatic heterocycles. The molecule has 0 radical (unpaired) electrons. The zero-order valence-electron chi connectivity index (χ0n) is 11.7. The fourth-order valence-electron chi connectivity index (χ4n) is 2.78. The normalized spacial score (nSPS) is 18.6. The molecule has 19 heavy (non-hydrogen) atoms. The first-order valence-electron chi connectivity index (χ1n) is 7.19. The van der Waals surface area contributed by atoms with Crippen molar-refractivity contribution in [1.29, 1.82) is 0 Å². The van der Waals surface area contributed by atoms with E-state index in [2.05, 4.69) is 16.7 Å². The zero-order valence-corrected chi connectivity index (χ0v) is 11.7. The second-order valence-corrected chi connectivity index (χ2v) is 5.18. The summed E-state index contributed by atoms with van der Waals surface area (Å²) in [5.41, 5.74) is 6.97. The second kappa shape index (κ2) is 6.87. The number of nitrogens with two attached hydrogens (primary N) is 1. The van der Waals surface area contributed by atoms with Gasteiger partial charge in [-0.25, -0.2) is 4.39 Å². The highest BCUT2D eigenvalue weighted by Crippen LogP contribution is 2.18. The predicted octanol–water partition coefficient (Wildman–Crippen LogP) is 2.08. The van der Waals surface area contributed by atoms with E-state index in [1.54, 1.807) is 0 Å². The second-order valence-electron chi connectivity index (χ2n) is 5.18. The minimum Gasteiger partial charge on any atom is -0.369 e. The molecule has 2 N–H and O–H groups in total. The van der Waals surface area contributed by atoms with Crippen LogP contribution in [0, 0.1) is 5.82 Å². The maximum atomic E-state index is 12.9. The summed E-state index contributed by atoms with van der Waals surface area (Å²) in [6.07, 6.45) is 2.35. The summed E-state index contributed by atoms with van der Waals surface area (Å²) in [4.78, 5) is 4.80. The molecule has 0 spiro atoms. The first kappa shape index (κ1) is 14.3. The number of nitrogens with zero attached hydrogens (tertiary/aromatic N) is 2. The van der Waals surface area contributed by atoms with Crippen LogP contribution in [0.15, 0.2) is 24.3 Å². The molecule has 1 heterocycles. The summed E-state index contributed by atoms with van der Waals surface area (Å²) < 4.78 is 12.9. The van der Waals surface area contributed by atoms with E-state index >= 15 is 0 Å². The van der Waals surface area contributed by atoms with Gasteiger partial charge < -0.3 is 10.6 Å². The SMILES string of the molecule is CCCC(CN)N1CCN(c2ccc(F)cc2)CC1. The van der Waals surface area contributed by atoms with Gasteiger partial charge in [0.15, 0.2) is 0 Å². The van der Waals surface area contributed by atoms with Crippen molar-refractivity contribution < 1.29 is 4.39 Å². The number of hydrogen-bond acceptors (Lipinski definition) is 3. The largest absolute Gasteiger partial charge is 0.369 e. The van der Waals surface area contributed by atoms with E-state index in [0.29, 0.717) is 6.04 Å². The molecule has 1 saturated heterocycles. The lowest BCUT2D eigenvalue weighted by atomic mass is 10.1. The molecule has 1 aliphatic heterocycles. The van der Waals surface area contributed by atoms with Crippen LogP contribution in [0.25, 0.3) is 0 Å². The average Bonchev–Trinajstić information content (AvgIpc) is 2.46. The van der Waals surface area contributed by atoms with Crippen LogP contribution in [-0.4, -0.2) is 43.7 Å². The Balaban J connectivity index is 1.89. The van der Waals surface area contributed by atoms with E-state index in [-0.39, 0.29) is 5.82 Å². The van der Waals surface area contributed by atoms with Gasteiger partial charge in [0.2, 0.25) is 0 Å². The van der Waals surface area contributed by atoms with Crippen LogP contribution in [0.3, 0.4) is 0 Å². The molecular formula is C15H24FN3. The Morgan fingerprint density at radius 3 is 2.32 bits per heavy atom. The number of anilines is 1. The number of rotatable bonds is 5. The van der Waals surface area contributed by atoms with Crippen molar-refractivity contribution in [2.75, 3.05) is 37.6 Å². The van der Waals surface area contributed by atoms with Gasteiger partial charge in [0.25, 0.3) is 0 Å². The van der Waals surface area contributed by atoms with Crippen molar-refractivity contribution in [2.24, 2.45) is 5.73 Å². The minimum absolute atomic E-state index is 0.173. The number of halogens is 1. The van der Waals surface area contributed by atoms with Crippen molar-refractivity contribution in [2.45, 2.75) is 25.8 Å². The Labute approximate surface area is 115 Å². The Kier molecular flexibility index (Phi) is 5.16. The van der Waals surface area contributed by atoms with Gasteiger partial charge in [0, 0.05) is 44.5 Å². The van der Waals surface area contributed by atoms with Gasteiger partial charge in [-0.3, -0.25) is 4.90 Å². The highest BCUT2D eigenvalue weighted by Gasteiger charge is 2.22. The lowest BCUT2D eigenvalue weighted by molar-refractivity contribution is 0.179. The zero-order chi connectivity index (χ0) is 13.7. The summed E-state index contributed by atoms with van der Waals surface area (Å²) in [5.74, 6) is -0.173. The standard InChI is InChI=1S/C15H24FN3/c1-2-3-15(12-17)19-10-8-18(9-11-19)14-6-4-13(16)5-7-14/h4-7,15H,2-3,8-12,17H2,1H3. The molecule has 1 aromatic rings.